The largest absolute Gasteiger partial charge is 0.309 e. The average molecular weight is 287 g/mol. The normalized spacial score (nSPS) is 22.4. The molecule has 1 aromatic rings. The van der Waals surface area contributed by atoms with Crippen LogP contribution in [0.15, 0.2) is 24.3 Å². The van der Waals surface area contributed by atoms with Crippen LogP contribution in [-0.4, -0.2) is 55.1 Å². The molecular formula is C18H29N3. The summed E-state index contributed by atoms with van der Waals surface area (Å²) >= 11 is 0. The summed E-state index contributed by atoms with van der Waals surface area (Å²) in [5, 5.41) is 3.68. The van der Waals surface area contributed by atoms with Gasteiger partial charge in [-0.15, -0.1) is 0 Å². The van der Waals surface area contributed by atoms with E-state index in [-0.39, 0.29) is 0 Å². The third kappa shape index (κ3) is 3.85. The summed E-state index contributed by atoms with van der Waals surface area (Å²) in [7, 11) is 0. The van der Waals surface area contributed by atoms with Gasteiger partial charge in [-0.1, -0.05) is 31.2 Å². The molecule has 1 saturated heterocycles. The van der Waals surface area contributed by atoms with E-state index < -0.39 is 0 Å². The van der Waals surface area contributed by atoms with Gasteiger partial charge in [-0.25, -0.2) is 0 Å². The minimum absolute atomic E-state index is 0.462. The van der Waals surface area contributed by atoms with Gasteiger partial charge >= 0.3 is 0 Å². The first-order valence-corrected chi connectivity index (χ1v) is 8.53. The van der Waals surface area contributed by atoms with E-state index in [0.717, 1.165) is 19.1 Å². The van der Waals surface area contributed by atoms with Crippen molar-refractivity contribution in [2.45, 2.75) is 38.8 Å². The van der Waals surface area contributed by atoms with Gasteiger partial charge < -0.3 is 5.32 Å². The van der Waals surface area contributed by atoms with Crippen molar-refractivity contribution in [3.05, 3.63) is 35.4 Å². The number of hydrogen-bond acceptors (Lipinski definition) is 3. The van der Waals surface area contributed by atoms with Gasteiger partial charge in [0.15, 0.2) is 0 Å². The second-order valence-corrected chi connectivity index (χ2v) is 6.53. The van der Waals surface area contributed by atoms with E-state index in [1.807, 2.05) is 0 Å². The van der Waals surface area contributed by atoms with Crippen molar-refractivity contribution in [2.75, 3.05) is 39.3 Å². The summed E-state index contributed by atoms with van der Waals surface area (Å²) in [6.07, 6.45) is 2.87. The van der Waals surface area contributed by atoms with Crippen molar-refractivity contribution in [2.24, 2.45) is 0 Å². The predicted octanol–water partition coefficient (Wildman–Crippen LogP) is 2.43. The zero-order valence-electron chi connectivity index (χ0n) is 13.5. The first-order valence-electron chi connectivity index (χ1n) is 8.53. The molecule has 1 atom stereocenters. The molecule has 0 radical (unpaired) electrons. The number of nitrogens with zero attached hydrogens (tertiary/aromatic N) is 2. The van der Waals surface area contributed by atoms with Crippen LogP contribution in [0.1, 0.15) is 36.9 Å². The van der Waals surface area contributed by atoms with Crippen molar-refractivity contribution in [1.29, 1.82) is 0 Å². The summed E-state index contributed by atoms with van der Waals surface area (Å²) in [6, 6.07) is 10.2. The van der Waals surface area contributed by atoms with Crippen molar-refractivity contribution in [3.8, 4) is 0 Å². The van der Waals surface area contributed by atoms with E-state index in [9.17, 15) is 0 Å². The standard InChI is InChI=1S/C18H29N3/c1-3-19-18(17-7-5-4-6-15(17)2)14-20-10-12-21(13-11-20)16-8-9-16/h4-7,16,18-19H,3,8-14H2,1-2H3. The maximum Gasteiger partial charge on any atom is 0.0451 e. The van der Waals surface area contributed by atoms with E-state index in [2.05, 4.69) is 53.2 Å². The van der Waals surface area contributed by atoms with Gasteiger partial charge in [-0.3, -0.25) is 9.80 Å². The summed E-state index contributed by atoms with van der Waals surface area (Å²) in [5.74, 6) is 0. The third-order valence-electron chi connectivity index (χ3n) is 4.93. The molecule has 1 N–H and O–H groups in total. The molecule has 0 amide bonds. The highest BCUT2D eigenvalue weighted by molar-refractivity contribution is 5.29. The van der Waals surface area contributed by atoms with Crippen LogP contribution in [0, 0.1) is 6.92 Å². The molecule has 3 rings (SSSR count). The maximum absolute atomic E-state index is 3.68. The fraction of sp³-hybridized carbons (Fsp3) is 0.667. The van der Waals surface area contributed by atoms with E-state index in [1.165, 1.54) is 50.1 Å². The number of piperazine rings is 1. The summed E-state index contributed by atoms with van der Waals surface area (Å²) < 4.78 is 0. The van der Waals surface area contributed by atoms with Crippen LogP contribution in [0.5, 0.6) is 0 Å². The second-order valence-electron chi connectivity index (χ2n) is 6.53. The predicted molar refractivity (Wildman–Crippen MR) is 88.6 cm³/mol. The van der Waals surface area contributed by atoms with Crippen LogP contribution in [0.3, 0.4) is 0 Å². The fourth-order valence-electron chi connectivity index (χ4n) is 3.51. The second kappa shape index (κ2) is 6.91. The van der Waals surface area contributed by atoms with E-state index in [4.69, 9.17) is 0 Å². The number of nitrogens with one attached hydrogen (secondary N) is 1. The fourth-order valence-corrected chi connectivity index (χ4v) is 3.51. The number of rotatable bonds is 6. The van der Waals surface area contributed by atoms with Crippen LogP contribution >= 0.6 is 0 Å². The third-order valence-corrected chi connectivity index (χ3v) is 4.93. The lowest BCUT2D eigenvalue weighted by Gasteiger charge is -2.37. The van der Waals surface area contributed by atoms with Crippen LogP contribution in [0.2, 0.25) is 0 Å². The lowest BCUT2D eigenvalue weighted by atomic mass is 10.0. The van der Waals surface area contributed by atoms with Gasteiger partial charge in [0.05, 0.1) is 0 Å². The van der Waals surface area contributed by atoms with Crippen LogP contribution in [0.25, 0.3) is 0 Å². The van der Waals surface area contributed by atoms with Crippen molar-refractivity contribution < 1.29 is 0 Å². The quantitative estimate of drug-likeness (QED) is 0.867. The Labute approximate surface area is 129 Å². The average Bonchev–Trinajstić information content (AvgIpc) is 3.33. The number of likely N-dealkylation sites (N-methyl/N-ethyl adjacent to an activating group) is 1. The number of hydrogen-bond donors (Lipinski definition) is 1. The van der Waals surface area contributed by atoms with Crippen molar-refractivity contribution >= 4 is 0 Å². The van der Waals surface area contributed by atoms with E-state index in [0.29, 0.717) is 6.04 Å². The summed E-state index contributed by atoms with van der Waals surface area (Å²) in [6.45, 7) is 11.6. The van der Waals surface area contributed by atoms with Gasteiger partial charge in [0.25, 0.3) is 0 Å². The van der Waals surface area contributed by atoms with Crippen molar-refractivity contribution in [1.82, 2.24) is 15.1 Å². The van der Waals surface area contributed by atoms with Crippen LogP contribution < -0.4 is 5.32 Å². The molecule has 1 aliphatic heterocycles. The minimum atomic E-state index is 0.462. The Morgan fingerprint density at radius 3 is 2.48 bits per heavy atom. The number of aryl methyl sites for hydroxylation is 1. The zero-order chi connectivity index (χ0) is 14.7. The van der Waals surface area contributed by atoms with Crippen LogP contribution in [-0.2, 0) is 0 Å². The van der Waals surface area contributed by atoms with Gasteiger partial charge in [-0.2, -0.15) is 0 Å². The van der Waals surface area contributed by atoms with Crippen molar-refractivity contribution in [3.63, 3.8) is 0 Å². The lowest BCUT2D eigenvalue weighted by molar-refractivity contribution is 0.117. The Balaban J connectivity index is 1.59. The van der Waals surface area contributed by atoms with E-state index in [1.54, 1.807) is 0 Å². The monoisotopic (exact) mass is 287 g/mol. The molecule has 3 heteroatoms. The molecule has 0 aromatic heterocycles. The molecule has 1 unspecified atom stereocenters. The molecule has 1 saturated carbocycles. The Hall–Kier alpha value is -0.900. The molecule has 116 valence electrons. The molecule has 2 aliphatic rings. The molecule has 3 nitrogen and oxygen atoms in total. The minimum Gasteiger partial charge on any atom is -0.309 e. The maximum atomic E-state index is 3.68. The Morgan fingerprint density at radius 1 is 1.14 bits per heavy atom. The van der Waals surface area contributed by atoms with Gasteiger partial charge in [0.1, 0.15) is 0 Å². The Bertz CT molecular complexity index is 448. The molecular weight excluding hydrogens is 258 g/mol. The number of benzene rings is 1. The Morgan fingerprint density at radius 2 is 1.86 bits per heavy atom. The molecule has 0 spiro atoms. The molecule has 1 aromatic carbocycles. The van der Waals surface area contributed by atoms with E-state index >= 15 is 0 Å². The molecule has 2 fully saturated rings. The lowest BCUT2D eigenvalue weighted by Crippen LogP contribution is -2.49. The Kier molecular flexibility index (Phi) is 4.94. The van der Waals surface area contributed by atoms with Gasteiger partial charge in [-0.05, 0) is 37.4 Å². The summed E-state index contributed by atoms with van der Waals surface area (Å²) in [4.78, 5) is 5.32. The first-order chi connectivity index (χ1) is 10.3. The first kappa shape index (κ1) is 15.0. The highest BCUT2D eigenvalue weighted by Crippen LogP contribution is 2.28. The summed E-state index contributed by atoms with van der Waals surface area (Å²) in [5.41, 5.74) is 2.86. The molecule has 0 bridgehead atoms. The zero-order valence-corrected chi connectivity index (χ0v) is 13.5. The molecule has 1 aliphatic carbocycles. The smallest absolute Gasteiger partial charge is 0.0451 e. The van der Waals surface area contributed by atoms with Gasteiger partial charge in [0.2, 0.25) is 0 Å². The highest BCUT2D eigenvalue weighted by Gasteiger charge is 2.31. The molecule has 1 heterocycles. The highest BCUT2D eigenvalue weighted by atomic mass is 15.3. The van der Waals surface area contributed by atoms with Gasteiger partial charge in [0, 0.05) is 44.8 Å². The molecule has 21 heavy (non-hydrogen) atoms. The SMILES string of the molecule is CCNC(CN1CCN(C2CC2)CC1)c1ccccc1C. The topological polar surface area (TPSA) is 18.5 Å². The van der Waals surface area contributed by atoms with Crippen LogP contribution in [0.4, 0.5) is 0 Å².